The van der Waals surface area contributed by atoms with Gasteiger partial charge in [0.1, 0.15) is 0 Å². The van der Waals surface area contributed by atoms with E-state index < -0.39 is 0 Å². The number of anilines is 1. The summed E-state index contributed by atoms with van der Waals surface area (Å²) in [5.74, 6) is 0. The molecule has 0 bridgehead atoms. The van der Waals surface area contributed by atoms with Gasteiger partial charge in [0.15, 0.2) is 0 Å². The van der Waals surface area contributed by atoms with E-state index in [0.717, 1.165) is 30.5 Å². The van der Waals surface area contributed by atoms with Gasteiger partial charge in [-0.15, -0.1) is 0 Å². The molecular weight excluding hydrogens is 244 g/mol. The zero-order chi connectivity index (χ0) is 13.1. The SMILES string of the molecule is CCC(N)Cc1ccc(N(CC)C2CC2)cc1Cl. The molecule has 1 aliphatic carbocycles. The van der Waals surface area contributed by atoms with E-state index >= 15 is 0 Å². The van der Waals surface area contributed by atoms with Crippen LogP contribution in [0.4, 0.5) is 5.69 Å². The fraction of sp³-hybridized carbons (Fsp3) is 0.600. The van der Waals surface area contributed by atoms with Gasteiger partial charge in [0.2, 0.25) is 0 Å². The van der Waals surface area contributed by atoms with E-state index in [1.807, 2.05) is 0 Å². The van der Waals surface area contributed by atoms with Gasteiger partial charge in [0.05, 0.1) is 0 Å². The van der Waals surface area contributed by atoms with E-state index in [9.17, 15) is 0 Å². The second-order valence-electron chi connectivity index (χ2n) is 5.17. The van der Waals surface area contributed by atoms with Crippen molar-refractivity contribution in [3.05, 3.63) is 28.8 Å². The first kappa shape index (κ1) is 13.7. The van der Waals surface area contributed by atoms with Crippen molar-refractivity contribution in [2.75, 3.05) is 11.4 Å². The van der Waals surface area contributed by atoms with Gasteiger partial charge in [-0.25, -0.2) is 0 Å². The fourth-order valence-corrected chi connectivity index (χ4v) is 2.60. The van der Waals surface area contributed by atoms with Crippen LogP contribution in [0.2, 0.25) is 5.02 Å². The van der Waals surface area contributed by atoms with Gasteiger partial charge < -0.3 is 10.6 Å². The van der Waals surface area contributed by atoms with Gasteiger partial charge >= 0.3 is 0 Å². The monoisotopic (exact) mass is 266 g/mol. The predicted octanol–water partition coefficient (Wildman–Crippen LogP) is 3.61. The Morgan fingerprint density at radius 3 is 2.61 bits per heavy atom. The largest absolute Gasteiger partial charge is 0.369 e. The lowest BCUT2D eigenvalue weighted by Gasteiger charge is -2.23. The normalized spacial score (nSPS) is 16.7. The zero-order valence-electron chi connectivity index (χ0n) is 11.3. The highest BCUT2D eigenvalue weighted by Crippen LogP contribution is 2.33. The van der Waals surface area contributed by atoms with Gasteiger partial charge in [0, 0.05) is 29.3 Å². The van der Waals surface area contributed by atoms with Crippen molar-refractivity contribution in [2.24, 2.45) is 5.73 Å². The zero-order valence-corrected chi connectivity index (χ0v) is 12.1. The first-order valence-corrected chi connectivity index (χ1v) is 7.34. The Morgan fingerprint density at radius 2 is 2.11 bits per heavy atom. The van der Waals surface area contributed by atoms with Crippen LogP contribution in [-0.4, -0.2) is 18.6 Å². The molecule has 1 fully saturated rings. The molecule has 0 heterocycles. The van der Waals surface area contributed by atoms with Crippen LogP contribution in [0.1, 0.15) is 38.7 Å². The van der Waals surface area contributed by atoms with Crippen molar-refractivity contribution in [3.8, 4) is 0 Å². The van der Waals surface area contributed by atoms with E-state index in [1.54, 1.807) is 0 Å². The van der Waals surface area contributed by atoms with Crippen LogP contribution in [0.15, 0.2) is 18.2 Å². The molecule has 1 unspecified atom stereocenters. The molecule has 2 N–H and O–H groups in total. The number of nitrogens with zero attached hydrogens (tertiary/aromatic N) is 1. The van der Waals surface area contributed by atoms with E-state index in [4.69, 9.17) is 17.3 Å². The van der Waals surface area contributed by atoms with Crippen LogP contribution in [0, 0.1) is 0 Å². The van der Waals surface area contributed by atoms with Crippen molar-refractivity contribution < 1.29 is 0 Å². The maximum Gasteiger partial charge on any atom is 0.0459 e. The summed E-state index contributed by atoms with van der Waals surface area (Å²) in [4.78, 5) is 2.44. The van der Waals surface area contributed by atoms with Crippen molar-refractivity contribution in [3.63, 3.8) is 0 Å². The highest BCUT2D eigenvalue weighted by atomic mass is 35.5. The lowest BCUT2D eigenvalue weighted by molar-refractivity contribution is 0.646. The molecule has 2 rings (SSSR count). The molecule has 1 atom stereocenters. The van der Waals surface area contributed by atoms with E-state index in [-0.39, 0.29) is 6.04 Å². The Bertz CT molecular complexity index is 401. The number of hydrogen-bond donors (Lipinski definition) is 1. The number of hydrogen-bond acceptors (Lipinski definition) is 2. The standard InChI is InChI=1S/C15H23ClN2/c1-3-12(17)9-11-5-6-14(10-15(11)16)18(4-2)13-7-8-13/h5-6,10,12-13H,3-4,7-9,17H2,1-2H3. The molecule has 1 aliphatic rings. The maximum absolute atomic E-state index is 6.37. The van der Waals surface area contributed by atoms with Crippen LogP contribution in [0.3, 0.4) is 0 Å². The molecule has 0 radical (unpaired) electrons. The minimum Gasteiger partial charge on any atom is -0.369 e. The third kappa shape index (κ3) is 3.18. The van der Waals surface area contributed by atoms with Gasteiger partial charge in [-0.05, 0) is 50.3 Å². The molecule has 1 saturated carbocycles. The Hall–Kier alpha value is -0.730. The van der Waals surface area contributed by atoms with Gasteiger partial charge in [-0.2, -0.15) is 0 Å². The lowest BCUT2D eigenvalue weighted by atomic mass is 10.0. The number of rotatable bonds is 6. The highest BCUT2D eigenvalue weighted by molar-refractivity contribution is 6.31. The van der Waals surface area contributed by atoms with E-state index in [0.29, 0.717) is 0 Å². The van der Waals surface area contributed by atoms with Crippen molar-refractivity contribution in [2.45, 2.75) is 51.6 Å². The third-order valence-electron chi connectivity index (χ3n) is 3.70. The number of nitrogens with two attached hydrogens (primary N) is 1. The molecule has 18 heavy (non-hydrogen) atoms. The average Bonchev–Trinajstić information content (AvgIpc) is 3.18. The molecule has 0 aromatic heterocycles. The molecule has 0 saturated heterocycles. The quantitative estimate of drug-likeness (QED) is 0.852. The fourth-order valence-electron chi connectivity index (χ4n) is 2.35. The second kappa shape index (κ2) is 5.94. The first-order valence-electron chi connectivity index (χ1n) is 6.96. The van der Waals surface area contributed by atoms with Gasteiger partial charge in [0.25, 0.3) is 0 Å². The Morgan fingerprint density at radius 1 is 1.39 bits per heavy atom. The average molecular weight is 267 g/mol. The third-order valence-corrected chi connectivity index (χ3v) is 4.05. The summed E-state index contributed by atoms with van der Waals surface area (Å²) in [7, 11) is 0. The Balaban J connectivity index is 2.13. The summed E-state index contributed by atoms with van der Waals surface area (Å²) < 4.78 is 0. The van der Waals surface area contributed by atoms with Crippen LogP contribution in [0.25, 0.3) is 0 Å². The maximum atomic E-state index is 6.37. The summed E-state index contributed by atoms with van der Waals surface area (Å²) in [5, 5.41) is 0.857. The van der Waals surface area contributed by atoms with Gasteiger partial charge in [-0.3, -0.25) is 0 Å². The minimum absolute atomic E-state index is 0.207. The van der Waals surface area contributed by atoms with Crippen molar-refractivity contribution in [1.82, 2.24) is 0 Å². The number of halogens is 1. The summed E-state index contributed by atoms with van der Waals surface area (Å²) in [6, 6.07) is 7.36. The topological polar surface area (TPSA) is 29.3 Å². The van der Waals surface area contributed by atoms with Crippen LogP contribution < -0.4 is 10.6 Å². The van der Waals surface area contributed by atoms with Crippen LogP contribution in [-0.2, 0) is 6.42 Å². The predicted molar refractivity (Wildman–Crippen MR) is 79.5 cm³/mol. The molecule has 0 spiro atoms. The molecule has 2 nitrogen and oxygen atoms in total. The molecule has 0 amide bonds. The molecule has 3 heteroatoms. The summed E-state index contributed by atoms with van der Waals surface area (Å²) in [6.07, 6.45) is 4.48. The lowest BCUT2D eigenvalue weighted by Crippen LogP contribution is -2.25. The first-order chi connectivity index (χ1) is 8.65. The summed E-state index contributed by atoms with van der Waals surface area (Å²) >= 11 is 6.37. The molecule has 0 aliphatic heterocycles. The smallest absolute Gasteiger partial charge is 0.0459 e. The molecule has 1 aromatic rings. The van der Waals surface area contributed by atoms with Crippen molar-refractivity contribution in [1.29, 1.82) is 0 Å². The Labute approximate surface area is 115 Å². The molecular formula is C15H23ClN2. The number of benzene rings is 1. The minimum atomic E-state index is 0.207. The summed E-state index contributed by atoms with van der Waals surface area (Å²) in [5.41, 5.74) is 8.40. The second-order valence-corrected chi connectivity index (χ2v) is 5.57. The van der Waals surface area contributed by atoms with E-state index in [1.165, 1.54) is 24.1 Å². The Kier molecular flexibility index (Phi) is 4.52. The van der Waals surface area contributed by atoms with Crippen LogP contribution in [0.5, 0.6) is 0 Å². The van der Waals surface area contributed by atoms with Crippen LogP contribution >= 0.6 is 11.6 Å². The molecule has 100 valence electrons. The molecule has 1 aromatic carbocycles. The van der Waals surface area contributed by atoms with E-state index in [2.05, 4.69) is 36.9 Å². The van der Waals surface area contributed by atoms with Gasteiger partial charge in [-0.1, -0.05) is 24.6 Å². The summed E-state index contributed by atoms with van der Waals surface area (Å²) in [6.45, 7) is 5.36. The van der Waals surface area contributed by atoms with Crippen molar-refractivity contribution >= 4 is 17.3 Å². The highest BCUT2D eigenvalue weighted by Gasteiger charge is 2.28.